The van der Waals surface area contributed by atoms with Crippen molar-refractivity contribution >= 4 is 11.5 Å². The Morgan fingerprint density at radius 2 is 1.82 bits per heavy atom. The van der Waals surface area contributed by atoms with Gasteiger partial charge in [0.05, 0.1) is 17.1 Å². The molecular weight excluding hydrogens is 552 g/mol. The first kappa shape index (κ1) is 29.2. The molecule has 0 radical (unpaired) electrons. The normalized spacial score (nSPS) is 19.9. The van der Waals surface area contributed by atoms with E-state index < -0.39 is 76.0 Å². The van der Waals surface area contributed by atoms with Gasteiger partial charge in [0.1, 0.15) is 11.4 Å². The Morgan fingerprint density at radius 1 is 1.12 bits per heavy atom. The highest BCUT2D eigenvalue weighted by Gasteiger charge is 2.61. The van der Waals surface area contributed by atoms with Crippen molar-refractivity contribution in [1.29, 1.82) is 0 Å². The molecule has 1 aromatic carbocycles. The third-order valence-electron chi connectivity index (χ3n) is 6.11. The SMILES string of the molecule is CC1(C)CNc2nc(c([N+](=O)[O-])cc2C(F)(F)F)-c2nnc(o2)[C@@](OCc2ccccc2)(C(F)(F)F)CCCO1. The van der Waals surface area contributed by atoms with Crippen LogP contribution in [0.3, 0.4) is 0 Å². The summed E-state index contributed by atoms with van der Waals surface area (Å²) >= 11 is 0. The summed E-state index contributed by atoms with van der Waals surface area (Å²) in [7, 11) is 0. The lowest BCUT2D eigenvalue weighted by Crippen LogP contribution is -2.45. The van der Waals surface area contributed by atoms with Gasteiger partial charge in [0.25, 0.3) is 11.8 Å². The number of ether oxygens (including phenoxy) is 2. The summed E-state index contributed by atoms with van der Waals surface area (Å²) in [5.41, 5.74) is -7.46. The fraction of sp³-hybridized carbons (Fsp3) is 0.458. The Labute approximate surface area is 222 Å². The second kappa shape index (κ2) is 10.6. The van der Waals surface area contributed by atoms with Gasteiger partial charge in [-0.3, -0.25) is 10.1 Å². The molecule has 0 saturated heterocycles. The first-order chi connectivity index (χ1) is 18.6. The fourth-order valence-corrected chi connectivity index (χ4v) is 4.02. The van der Waals surface area contributed by atoms with Gasteiger partial charge in [-0.25, -0.2) is 4.98 Å². The van der Waals surface area contributed by atoms with Crippen molar-refractivity contribution in [3.8, 4) is 11.6 Å². The van der Waals surface area contributed by atoms with Crippen molar-refractivity contribution in [2.24, 2.45) is 0 Å². The van der Waals surface area contributed by atoms with Crippen molar-refractivity contribution < 1.29 is 45.2 Å². The predicted octanol–water partition coefficient (Wildman–Crippen LogP) is 6.03. The van der Waals surface area contributed by atoms with Crippen LogP contribution >= 0.6 is 0 Å². The van der Waals surface area contributed by atoms with Crippen LogP contribution in [0.25, 0.3) is 11.6 Å². The average molecular weight is 575 g/mol. The molecule has 216 valence electrons. The Hall–Kier alpha value is -3.79. The summed E-state index contributed by atoms with van der Waals surface area (Å²) < 4.78 is 102. The monoisotopic (exact) mass is 575 g/mol. The summed E-state index contributed by atoms with van der Waals surface area (Å²) in [6.07, 6.45) is -11.1. The number of rotatable bonds is 4. The highest BCUT2D eigenvalue weighted by molar-refractivity contribution is 5.68. The Bertz CT molecular complexity index is 1360. The molecule has 3 heterocycles. The van der Waals surface area contributed by atoms with Crippen molar-refractivity contribution in [1.82, 2.24) is 15.2 Å². The van der Waals surface area contributed by atoms with E-state index in [4.69, 9.17) is 13.9 Å². The minimum absolute atomic E-state index is 0.206. The molecule has 0 aliphatic carbocycles. The maximum absolute atomic E-state index is 14.8. The third-order valence-corrected chi connectivity index (χ3v) is 6.11. The molecule has 0 fully saturated rings. The molecule has 2 aromatic heterocycles. The number of hydrogen-bond acceptors (Lipinski definition) is 9. The van der Waals surface area contributed by atoms with Gasteiger partial charge in [-0.2, -0.15) is 26.3 Å². The van der Waals surface area contributed by atoms with Crippen molar-refractivity contribution in [3.05, 3.63) is 63.5 Å². The topological polar surface area (TPSA) is 125 Å². The first-order valence-corrected chi connectivity index (χ1v) is 11.9. The molecule has 1 aliphatic rings. The highest BCUT2D eigenvalue weighted by atomic mass is 19.4. The zero-order valence-corrected chi connectivity index (χ0v) is 21.1. The van der Waals surface area contributed by atoms with E-state index in [1.54, 1.807) is 30.3 Å². The Balaban J connectivity index is 1.91. The lowest BCUT2D eigenvalue weighted by molar-refractivity contribution is -0.384. The summed E-state index contributed by atoms with van der Waals surface area (Å²) in [4.78, 5) is 14.2. The summed E-state index contributed by atoms with van der Waals surface area (Å²) in [6, 6.07) is 8.17. The zero-order chi connectivity index (χ0) is 29.3. The molecule has 10 nitrogen and oxygen atoms in total. The number of anilines is 1. The summed E-state index contributed by atoms with van der Waals surface area (Å²) in [5.74, 6) is -2.81. The van der Waals surface area contributed by atoms with Gasteiger partial charge in [0.2, 0.25) is 11.3 Å². The van der Waals surface area contributed by atoms with E-state index in [0.717, 1.165) is 0 Å². The van der Waals surface area contributed by atoms with Gasteiger partial charge < -0.3 is 19.2 Å². The number of hydrogen-bond donors (Lipinski definition) is 1. The van der Waals surface area contributed by atoms with Crippen LogP contribution in [0.4, 0.5) is 37.8 Å². The van der Waals surface area contributed by atoms with E-state index in [1.165, 1.54) is 13.8 Å². The second-order valence-corrected chi connectivity index (χ2v) is 9.58. The Kier molecular flexibility index (Phi) is 7.77. The van der Waals surface area contributed by atoms with E-state index >= 15 is 0 Å². The lowest BCUT2D eigenvalue weighted by atomic mass is 9.96. The third kappa shape index (κ3) is 6.01. The van der Waals surface area contributed by atoms with Crippen LogP contribution in [0.2, 0.25) is 0 Å². The highest BCUT2D eigenvalue weighted by Crippen LogP contribution is 2.47. The van der Waals surface area contributed by atoms with E-state index in [1.807, 2.05) is 0 Å². The molecule has 0 amide bonds. The molecule has 1 aliphatic heterocycles. The maximum atomic E-state index is 14.8. The minimum Gasteiger partial charge on any atom is -0.415 e. The van der Waals surface area contributed by atoms with Crippen LogP contribution in [0, 0.1) is 10.1 Å². The number of fused-ring (bicyclic) bond motifs is 5. The van der Waals surface area contributed by atoms with Gasteiger partial charge in [-0.05, 0) is 32.3 Å². The largest absolute Gasteiger partial charge is 0.426 e. The molecule has 3 aromatic rings. The van der Waals surface area contributed by atoms with Gasteiger partial charge in [0, 0.05) is 19.2 Å². The Morgan fingerprint density at radius 3 is 2.45 bits per heavy atom. The quantitative estimate of drug-likeness (QED) is 0.225. The fourth-order valence-electron chi connectivity index (χ4n) is 4.02. The van der Waals surface area contributed by atoms with Crippen LogP contribution in [0.15, 0.2) is 40.8 Å². The number of aromatic nitrogens is 3. The number of pyridine rings is 1. The smallest absolute Gasteiger partial charge is 0.415 e. The van der Waals surface area contributed by atoms with Crippen molar-refractivity contribution in [2.75, 3.05) is 18.5 Å². The van der Waals surface area contributed by atoms with Gasteiger partial charge in [-0.1, -0.05) is 30.3 Å². The maximum Gasteiger partial charge on any atom is 0.426 e. The number of nitrogens with zero attached hydrogens (tertiary/aromatic N) is 4. The van der Waals surface area contributed by atoms with Crippen LogP contribution in [-0.4, -0.2) is 45.0 Å². The minimum atomic E-state index is -5.12. The van der Waals surface area contributed by atoms with Crippen molar-refractivity contribution in [2.45, 2.75) is 56.9 Å². The van der Waals surface area contributed by atoms with Crippen LogP contribution in [0.5, 0.6) is 0 Å². The van der Waals surface area contributed by atoms with E-state index in [-0.39, 0.29) is 25.6 Å². The molecule has 0 saturated carbocycles. The van der Waals surface area contributed by atoms with Gasteiger partial charge in [-0.15, -0.1) is 10.2 Å². The molecule has 1 atom stereocenters. The molecule has 0 unspecified atom stereocenters. The standard InChI is InChI=1S/C24H23F6N5O5/c1-21(2)13-31-18-15(23(25,26)27)11-16(35(36)37)17(32-18)19-33-34-20(40-19)22(24(28,29)30,9-6-10-38-21)39-12-14-7-4-3-5-8-14/h3-5,7-8,11H,6,9-10,12-13H2,1-2H3,(H,31,32)/t22-/m1/s1. The zero-order valence-electron chi connectivity index (χ0n) is 21.1. The molecular formula is C24H23F6N5O5. The van der Waals surface area contributed by atoms with Crippen molar-refractivity contribution in [3.63, 3.8) is 0 Å². The number of nitro groups is 1. The molecule has 40 heavy (non-hydrogen) atoms. The van der Waals surface area contributed by atoms with Gasteiger partial charge in [0.15, 0.2) is 0 Å². The van der Waals surface area contributed by atoms with Crippen LogP contribution in [0.1, 0.15) is 43.7 Å². The van der Waals surface area contributed by atoms with E-state index in [2.05, 4.69) is 20.5 Å². The van der Waals surface area contributed by atoms with E-state index in [0.29, 0.717) is 5.56 Å². The van der Waals surface area contributed by atoms with Gasteiger partial charge >= 0.3 is 18.0 Å². The molecule has 1 N–H and O–H groups in total. The van der Waals surface area contributed by atoms with Crippen LogP contribution < -0.4 is 5.32 Å². The number of benzene rings is 1. The van der Waals surface area contributed by atoms with Crippen LogP contribution in [-0.2, 0) is 27.9 Å². The molecule has 4 bridgehead atoms. The summed E-state index contributed by atoms with van der Waals surface area (Å²) in [5, 5.41) is 21.2. The number of nitrogens with one attached hydrogen (secondary N) is 1. The molecule has 0 spiro atoms. The average Bonchev–Trinajstić information content (AvgIpc) is 3.36. The number of halogens is 6. The van der Waals surface area contributed by atoms with E-state index in [9.17, 15) is 36.5 Å². The predicted molar refractivity (Wildman–Crippen MR) is 126 cm³/mol. The molecule has 4 rings (SSSR count). The first-order valence-electron chi connectivity index (χ1n) is 11.9. The number of alkyl halides is 6. The lowest BCUT2D eigenvalue weighted by Gasteiger charge is -2.33. The summed E-state index contributed by atoms with van der Waals surface area (Å²) in [6.45, 7) is 2.00. The second-order valence-electron chi connectivity index (χ2n) is 9.58. The molecule has 16 heteroatoms.